The van der Waals surface area contributed by atoms with Gasteiger partial charge in [0.05, 0.1) is 11.2 Å². The topological polar surface area (TPSA) is 62.3 Å². The van der Waals surface area contributed by atoms with E-state index in [9.17, 15) is 9.59 Å². The van der Waals surface area contributed by atoms with Crippen molar-refractivity contribution in [3.8, 4) is 0 Å². The molecule has 1 fully saturated rings. The van der Waals surface area contributed by atoms with E-state index in [1.807, 2.05) is 30.3 Å². The number of nitrogens with zero attached hydrogens (tertiary/aromatic N) is 2. The first kappa shape index (κ1) is 9.77. The Hall–Kier alpha value is -2.43. The van der Waals surface area contributed by atoms with Crippen molar-refractivity contribution in [2.24, 2.45) is 0 Å². The maximum absolute atomic E-state index is 11.6. The van der Waals surface area contributed by atoms with Crippen LogP contribution in [0.15, 0.2) is 36.5 Å². The maximum atomic E-state index is 11.6. The second-order valence-corrected chi connectivity index (χ2v) is 3.79. The van der Waals surface area contributed by atoms with Gasteiger partial charge in [-0.05, 0) is 24.3 Å². The number of hydrogen-bond acceptors (Lipinski definition) is 3. The summed E-state index contributed by atoms with van der Waals surface area (Å²) in [5, 5.41) is 3.12. The number of aromatic nitrogens is 1. The lowest BCUT2D eigenvalue weighted by Gasteiger charge is -2.15. The molecule has 5 nitrogen and oxygen atoms in total. The Balaban J connectivity index is 2.17. The van der Waals surface area contributed by atoms with Crippen LogP contribution in [-0.2, 0) is 4.79 Å². The second-order valence-electron chi connectivity index (χ2n) is 3.79. The minimum Gasteiger partial charge on any atom is -0.284 e. The summed E-state index contributed by atoms with van der Waals surface area (Å²) in [6.45, 7) is 0.0623. The first-order chi connectivity index (χ1) is 8.25. The fraction of sp³-hybridized carbons (Fsp3) is 0.0833. The molecule has 0 aliphatic carbocycles. The molecule has 17 heavy (non-hydrogen) atoms. The van der Waals surface area contributed by atoms with Gasteiger partial charge in [-0.2, -0.15) is 0 Å². The number of pyridine rings is 1. The zero-order valence-electron chi connectivity index (χ0n) is 8.88. The number of carbonyl (C=O) groups excluding carboxylic acids is 2. The molecule has 1 saturated heterocycles. The number of fused-ring (bicyclic) bond motifs is 1. The predicted molar refractivity (Wildman–Crippen MR) is 62.6 cm³/mol. The molecule has 0 saturated carbocycles. The number of hydrogen-bond donors (Lipinski definition) is 1. The average molecular weight is 227 g/mol. The summed E-state index contributed by atoms with van der Waals surface area (Å²) < 4.78 is 0. The van der Waals surface area contributed by atoms with Crippen LogP contribution < -0.4 is 10.2 Å². The molecule has 0 unspecified atom stereocenters. The molecule has 2 aromatic rings. The van der Waals surface area contributed by atoms with E-state index in [1.165, 1.54) is 4.90 Å². The first-order valence-electron chi connectivity index (χ1n) is 5.21. The van der Waals surface area contributed by atoms with Crippen LogP contribution in [0, 0.1) is 0 Å². The fourth-order valence-corrected chi connectivity index (χ4v) is 1.96. The van der Waals surface area contributed by atoms with Crippen LogP contribution in [0.25, 0.3) is 10.9 Å². The molecule has 1 aromatic carbocycles. The van der Waals surface area contributed by atoms with Crippen molar-refractivity contribution in [3.05, 3.63) is 36.5 Å². The quantitative estimate of drug-likeness (QED) is 0.747. The molecule has 0 bridgehead atoms. The second kappa shape index (κ2) is 3.55. The fourth-order valence-electron chi connectivity index (χ4n) is 1.96. The Bertz CT molecular complexity index is 619. The molecule has 3 amide bonds. The average Bonchev–Trinajstić information content (AvgIpc) is 2.68. The lowest BCUT2D eigenvalue weighted by molar-refractivity contribution is -0.117. The third-order valence-corrected chi connectivity index (χ3v) is 2.71. The summed E-state index contributed by atoms with van der Waals surface area (Å²) in [4.78, 5) is 28.4. The minimum atomic E-state index is -0.383. The molecular formula is C12H9N3O2. The molecule has 1 aromatic heterocycles. The minimum absolute atomic E-state index is 0.0623. The highest BCUT2D eigenvalue weighted by Gasteiger charge is 2.28. The number of imide groups is 1. The summed E-state index contributed by atoms with van der Waals surface area (Å²) >= 11 is 0. The molecule has 0 spiro atoms. The van der Waals surface area contributed by atoms with Gasteiger partial charge in [0, 0.05) is 11.6 Å². The summed E-state index contributed by atoms with van der Waals surface area (Å²) in [7, 11) is 0. The van der Waals surface area contributed by atoms with Crippen molar-refractivity contribution in [1.29, 1.82) is 0 Å². The molecule has 5 heteroatoms. The van der Waals surface area contributed by atoms with E-state index in [0.717, 1.165) is 10.9 Å². The molecule has 2 heterocycles. The standard InChI is InChI=1S/C12H9N3O2/c16-11-7-15(12(17)14-11)10-5-1-4-9-8(10)3-2-6-13-9/h1-6H,7H2,(H,14,16,17). The van der Waals surface area contributed by atoms with Crippen LogP contribution in [0.5, 0.6) is 0 Å². The van der Waals surface area contributed by atoms with Gasteiger partial charge in [-0.15, -0.1) is 0 Å². The van der Waals surface area contributed by atoms with E-state index >= 15 is 0 Å². The van der Waals surface area contributed by atoms with Gasteiger partial charge in [0.2, 0.25) is 5.91 Å². The lowest BCUT2D eigenvalue weighted by atomic mass is 10.1. The number of anilines is 1. The molecule has 1 aliphatic rings. The van der Waals surface area contributed by atoms with Gasteiger partial charge in [0.1, 0.15) is 6.54 Å². The van der Waals surface area contributed by atoms with Crippen molar-refractivity contribution in [1.82, 2.24) is 10.3 Å². The molecule has 1 N–H and O–H groups in total. The molecule has 0 atom stereocenters. The summed E-state index contributed by atoms with van der Waals surface area (Å²) in [5.74, 6) is -0.282. The van der Waals surface area contributed by atoms with Gasteiger partial charge < -0.3 is 0 Å². The van der Waals surface area contributed by atoms with Crippen molar-refractivity contribution in [2.45, 2.75) is 0 Å². The van der Waals surface area contributed by atoms with Crippen molar-refractivity contribution < 1.29 is 9.59 Å². The smallest absolute Gasteiger partial charge is 0.284 e. The van der Waals surface area contributed by atoms with E-state index in [1.54, 1.807) is 6.20 Å². The van der Waals surface area contributed by atoms with Gasteiger partial charge in [0.15, 0.2) is 0 Å². The van der Waals surface area contributed by atoms with Crippen LogP contribution >= 0.6 is 0 Å². The van der Waals surface area contributed by atoms with E-state index in [2.05, 4.69) is 10.3 Å². The Kier molecular flexibility index (Phi) is 2.04. The molecule has 1 aliphatic heterocycles. The van der Waals surface area contributed by atoms with Crippen molar-refractivity contribution >= 4 is 28.5 Å². The molecule has 3 rings (SSSR count). The van der Waals surface area contributed by atoms with Crippen LogP contribution in [0.1, 0.15) is 0 Å². The van der Waals surface area contributed by atoms with Crippen LogP contribution in [0.2, 0.25) is 0 Å². The van der Waals surface area contributed by atoms with E-state index in [-0.39, 0.29) is 18.5 Å². The molecule has 0 radical (unpaired) electrons. The number of carbonyl (C=O) groups is 2. The van der Waals surface area contributed by atoms with Crippen LogP contribution in [-0.4, -0.2) is 23.5 Å². The lowest BCUT2D eigenvalue weighted by Crippen LogP contribution is -2.28. The number of benzene rings is 1. The van der Waals surface area contributed by atoms with Gasteiger partial charge in [-0.3, -0.25) is 20.0 Å². The summed E-state index contributed by atoms with van der Waals surface area (Å²) in [6, 6.07) is 8.80. The molecular weight excluding hydrogens is 218 g/mol. The van der Waals surface area contributed by atoms with Crippen molar-refractivity contribution in [2.75, 3.05) is 11.4 Å². The normalized spacial score (nSPS) is 15.4. The number of nitrogens with one attached hydrogen (secondary N) is 1. The zero-order chi connectivity index (χ0) is 11.8. The number of amides is 3. The highest BCUT2D eigenvalue weighted by atomic mass is 16.2. The highest BCUT2D eigenvalue weighted by molar-refractivity contribution is 6.15. The van der Waals surface area contributed by atoms with Crippen molar-refractivity contribution in [3.63, 3.8) is 0 Å². The zero-order valence-corrected chi connectivity index (χ0v) is 8.88. The maximum Gasteiger partial charge on any atom is 0.329 e. The van der Waals surface area contributed by atoms with Gasteiger partial charge in [-0.25, -0.2) is 4.79 Å². The highest BCUT2D eigenvalue weighted by Crippen LogP contribution is 2.26. The predicted octanol–water partition coefficient (Wildman–Crippen LogP) is 1.29. The van der Waals surface area contributed by atoms with E-state index in [0.29, 0.717) is 5.69 Å². The number of rotatable bonds is 1. The molecule has 84 valence electrons. The Labute approximate surface area is 97.1 Å². The summed E-state index contributed by atoms with van der Waals surface area (Å²) in [6.07, 6.45) is 1.70. The largest absolute Gasteiger partial charge is 0.329 e. The van der Waals surface area contributed by atoms with E-state index in [4.69, 9.17) is 0 Å². The van der Waals surface area contributed by atoms with Gasteiger partial charge in [0.25, 0.3) is 0 Å². The third-order valence-electron chi connectivity index (χ3n) is 2.71. The summed E-state index contributed by atoms with van der Waals surface area (Å²) in [5.41, 5.74) is 1.51. The van der Waals surface area contributed by atoms with Crippen LogP contribution in [0.3, 0.4) is 0 Å². The SMILES string of the molecule is O=C1CN(c2cccc3ncccc23)C(=O)N1. The van der Waals surface area contributed by atoms with Crippen LogP contribution in [0.4, 0.5) is 10.5 Å². The third kappa shape index (κ3) is 1.52. The first-order valence-corrected chi connectivity index (χ1v) is 5.21. The Morgan fingerprint density at radius 3 is 2.82 bits per heavy atom. The Morgan fingerprint density at radius 1 is 1.18 bits per heavy atom. The van der Waals surface area contributed by atoms with E-state index < -0.39 is 0 Å². The van der Waals surface area contributed by atoms with Gasteiger partial charge >= 0.3 is 6.03 Å². The number of urea groups is 1. The van der Waals surface area contributed by atoms with Gasteiger partial charge in [-0.1, -0.05) is 6.07 Å². The Morgan fingerprint density at radius 2 is 2.06 bits per heavy atom. The monoisotopic (exact) mass is 227 g/mol.